The quantitative estimate of drug-likeness (QED) is 0.729. The Hall–Kier alpha value is -0.930. The first-order valence-electron chi connectivity index (χ1n) is 5.55. The van der Waals surface area contributed by atoms with Crippen LogP contribution in [0.2, 0.25) is 5.02 Å². The predicted molar refractivity (Wildman–Crippen MR) is 66.3 cm³/mol. The van der Waals surface area contributed by atoms with E-state index < -0.39 is 0 Å². The minimum Gasteiger partial charge on any atom is -0.383 e. The van der Waals surface area contributed by atoms with E-state index in [0.29, 0.717) is 6.04 Å². The van der Waals surface area contributed by atoms with Crippen molar-refractivity contribution < 1.29 is 4.74 Å². The zero-order chi connectivity index (χ0) is 11.2. The number of hydrogen-bond acceptors (Lipinski definition) is 3. The molecule has 2 atom stereocenters. The highest BCUT2D eigenvalue weighted by atomic mass is 35.5. The van der Waals surface area contributed by atoms with Crippen LogP contribution in [0.3, 0.4) is 0 Å². The molecule has 0 amide bonds. The van der Waals surface area contributed by atoms with E-state index in [-0.39, 0.29) is 5.41 Å². The molecule has 0 aliphatic carbocycles. The van der Waals surface area contributed by atoms with Crippen LogP contribution in [0.15, 0.2) is 18.2 Å². The van der Waals surface area contributed by atoms with Crippen molar-refractivity contribution in [3.05, 3.63) is 23.2 Å². The standard InChI is InChI=1S/C12H15ClN2O/c1-12-6-14-9-3-2-8(13)4-10(9)15-11(12)5-16-7-12/h2-4,11,14-15H,5-7H2,1H3. The molecule has 3 rings (SSSR count). The molecule has 0 saturated carbocycles. The van der Waals surface area contributed by atoms with Crippen LogP contribution in [0.25, 0.3) is 0 Å². The summed E-state index contributed by atoms with van der Waals surface area (Å²) in [7, 11) is 0. The molecule has 86 valence electrons. The molecule has 2 unspecified atom stereocenters. The molecule has 2 aliphatic rings. The summed E-state index contributed by atoms with van der Waals surface area (Å²) in [6.07, 6.45) is 0. The summed E-state index contributed by atoms with van der Waals surface area (Å²) < 4.78 is 5.56. The van der Waals surface area contributed by atoms with Gasteiger partial charge in [-0.3, -0.25) is 0 Å². The summed E-state index contributed by atoms with van der Waals surface area (Å²) in [5, 5.41) is 7.75. The molecule has 16 heavy (non-hydrogen) atoms. The first-order valence-corrected chi connectivity index (χ1v) is 5.93. The van der Waals surface area contributed by atoms with Gasteiger partial charge in [-0.2, -0.15) is 0 Å². The van der Waals surface area contributed by atoms with E-state index in [1.165, 1.54) is 0 Å². The summed E-state index contributed by atoms with van der Waals surface area (Å²) in [5.74, 6) is 0. The Kier molecular flexibility index (Phi) is 2.26. The Bertz CT molecular complexity index is 423. The Balaban J connectivity index is 1.98. The van der Waals surface area contributed by atoms with Crippen molar-refractivity contribution in [2.45, 2.75) is 13.0 Å². The van der Waals surface area contributed by atoms with E-state index in [2.05, 4.69) is 17.6 Å². The molecule has 1 aromatic rings. The molecular formula is C12H15ClN2O. The van der Waals surface area contributed by atoms with E-state index in [9.17, 15) is 0 Å². The van der Waals surface area contributed by atoms with Crippen LogP contribution in [0.5, 0.6) is 0 Å². The molecule has 1 fully saturated rings. The van der Waals surface area contributed by atoms with Crippen LogP contribution < -0.4 is 10.6 Å². The molecule has 0 bridgehead atoms. The monoisotopic (exact) mass is 238 g/mol. The molecular weight excluding hydrogens is 224 g/mol. The Morgan fingerprint density at radius 2 is 2.31 bits per heavy atom. The second-order valence-corrected chi connectivity index (χ2v) is 5.35. The summed E-state index contributed by atoms with van der Waals surface area (Å²) in [4.78, 5) is 0. The third-order valence-corrected chi connectivity index (χ3v) is 3.79. The fraction of sp³-hybridized carbons (Fsp3) is 0.500. The highest BCUT2D eigenvalue weighted by molar-refractivity contribution is 6.31. The molecule has 2 aliphatic heterocycles. The van der Waals surface area contributed by atoms with Crippen molar-refractivity contribution in [2.75, 3.05) is 30.4 Å². The van der Waals surface area contributed by atoms with Gasteiger partial charge < -0.3 is 15.4 Å². The average molecular weight is 239 g/mol. The van der Waals surface area contributed by atoms with Gasteiger partial charge in [0.15, 0.2) is 0 Å². The number of anilines is 2. The summed E-state index contributed by atoms with van der Waals surface area (Å²) in [6, 6.07) is 6.26. The lowest BCUT2D eigenvalue weighted by Crippen LogP contribution is -2.40. The molecule has 0 aromatic heterocycles. The topological polar surface area (TPSA) is 33.3 Å². The number of ether oxygens (including phenoxy) is 1. The van der Waals surface area contributed by atoms with Crippen molar-refractivity contribution in [3.8, 4) is 0 Å². The van der Waals surface area contributed by atoms with Gasteiger partial charge in [0, 0.05) is 17.0 Å². The lowest BCUT2D eigenvalue weighted by Gasteiger charge is -2.27. The molecule has 2 heterocycles. The molecule has 2 N–H and O–H groups in total. The molecule has 4 heteroatoms. The Labute approximate surface area is 100 Å². The Morgan fingerprint density at radius 3 is 3.19 bits per heavy atom. The van der Waals surface area contributed by atoms with Gasteiger partial charge >= 0.3 is 0 Å². The zero-order valence-electron chi connectivity index (χ0n) is 9.22. The number of nitrogens with one attached hydrogen (secondary N) is 2. The Morgan fingerprint density at radius 1 is 1.44 bits per heavy atom. The van der Waals surface area contributed by atoms with Gasteiger partial charge in [-0.1, -0.05) is 18.5 Å². The molecule has 0 radical (unpaired) electrons. The number of rotatable bonds is 0. The maximum atomic E-state index is 6.01. The van der Waals surface area contributed by atoms with Gasteiger partial charge in [0.1, 0.15) is 0 Å². The zero-order valence-corrected chi connectivity index (χ0v) is 9.97. The predicted octanol–water partition coefficient (Wildman–Crippen LogP) is 2.58. The van der Waals surface area contributed by atoms with Crippen molar-refractivity contribution in [2.24, 2.45) is 5.41 Å². The number of fused-ring (bicyclic) bond motifs is 2. The first-order chi connectivity index (χ1) is 7.67. The maximum Gasteiger partial charge on any atom is 0.0675 e. The van der Waals surface area contributed by atoms with Gasteiger partial charge in [-0.05, 0) is 18.2 Å². The fourth-order valence-corrected chi connectivity index (χ4v) is 2.55. The van der Waals surface area contributed by atoms with Crippen LogP contribution >= 0.6 is 11.6 Å². The van der Waals surface area contributed by atoms with Crippen molar-refractivity contribution in [1.29, 1.82) is 0 Å². The van der Waals surface area contributed by atoms with Gasteiger partial charge in [0.25, 0.3) is 0 Å². The van der Waals surface area contributed by atoms with Gasteiger partial charge in [-0.15, -0.1) is 0 Å². The smallest absolute Gasteiger partial charge is 0.0675 e. The van der Waals surface area contributed by atoms with E-state index in [0.717, 1.165) is 36.2 Å². The van der Waals surface area contributed by atoms with E-state index in [4.69, 9.17) is 16.3 Å². The SMILES string of the molecule is CC12CNc3ccc(Cl)cc3NC1COC2. The molecule has 1 aromatic carbocycles. The maximum absolute atomic E-state index is 6.01. The highest BCUT2D eigenvalue weighted by Gasteiger charge is 2.41. The number of halogens is 1. The minimum atomic E-state index is 0.158. The summed E-state index contributed by atoms with van der Waals surface area (Å²) in [6.45, 7) is 4.75. The van der Waals surface area contributed by atoms with Crippen LogP contribution in [-0.4, -0.2) is 25.8 Å². The van der Waals surface area contributed by atoms with Gasteiger partial charge in [0.05, 0.1) is 30.6 Å². The van der Waals surface area contributed by atoms with E-state index in [1.54, 1.807) is 0 Å². The highest BCUT2D eigenvalue weighted by Crippen LogP contribution is 2.37. The van der Waals surface area contributed by atoms with Crippen molar-refractivity contribution >= 4 is 23.0 Å². The van der Waals surface area contributed by atoms with Crippen LogP contribution in [0.4, 0.5) is 11.4 Å². The number of benzene rings is 1. The first kappa shape index (κ1) is 10.2. The summed E-state index contributed by atoms with van der Waals surface area (Å²) >= 11 is 6.01. The van der Waals surface area contributed by atoms with Crippen LogP contribution in [0, 0.1) is 5.41 Å². The van der Waals surface area contributed by atoms with E-state index in [1.807, 2.05) is 18.2 Å². The third-order valence-electron chi connectivity index (χ3n) is 3.55. The molecule has 0 spiro atoms. The molecule has 1 saturated heterocycles. The normalized spacial score (nSPS) is 32.0. The molecule has 3 nitrogen and oxygen atoms in total. The minimum absolute atomic E-state index is 0.158. The third kappa shape index (κ3) is 1.55. The summed E-state index contributed by atoms with van der Waals surface area (Å²) in [5.41, 5.74) is 2.36. The lowest BCUT2D eigenvalue weighted by atomic mass is 9.85. The largest absolute Gasteiger partial charge is 0.383 e. The van der Waals surface area contributed by atoms with Crippen molar-refractivity contribution in [3.63, 3.8) is 0 Å². The van der Waals surface area contributed by atoms with Crippen LogP contribution in [0.1, 0.15) is 6.92 Å². The lowest BCUT2D eigenvalue weighted by molar-refractivity contribution is 0.164. The second-order valence-electron chi connectivity index (χ2n) is 4.91. The average Bonchev–Trinajstić information content (AvgIpc) is 2.54. The van der Waals surface area contributed by atoms with Gasteiger partial charge in [0.2, 0.25) is 0 Å². The number of hydrogen-bond donors (Lipinski definition) is 2. The second kappa shape index (κ2) is 3.54. The van der Waals surface area contributed by atoms with Crippen molar-refractivity contribution in [1.82, 2.24) is 0 Å². The van der Waals surface area contributed by atoms with E-state index >= 15 is 0 Å². The van der Waals surface area contributed by atoms with Gasteiger partial charge in [-0.25, -0.2) is 0 Å². The fourth-order valence-electron chi connectivity index (χ4n) is 2.38. The van der Waals surface area contributed by atoms with Crippen LogP contribution in [-0.2, 0) is 4.74 Å².